The zero-order valence-corrected chi connectivity index (χ0v) is 15.6. The van der Waals surface area contributed by atoms with Gasteiger partial charge in [0, 0.05) is 24.7 Å². The summed E-state index contributed by atoms with van der Waals surface area (Å²) in [5.41, 5.74) is 2.25. The van der Waals surface area contributed by atoms with Crippen LogP contribution in [0.2, 0.25) is 0 Å². The molecular formula is C20H22N2O3S. The molecule has 0 aromatic heterocycles. The number of hydrogen-bond donors (Lipinski definition) is 0. The second-order valence-electron chi connectivity index (χ2n) is 7.01. The predicted octanol–water partition coefficient (Wildman–Crippen LogP) is 3.06. The molecule has 0 aliphatic carbocycles. The van der Waals surface area contributed by atoms with Gasteiger partial charge in [-0.25, -0.2) is 8.42 Å². The lowest BCUT2D eigenvalue weighted by atomic mass is 10.1. The fourth-order valence-electron chi connectivity index (χ4n) is 3.91. The van der Waals surface area contributed by atoms with Crippen LogP contribution in [0.25, 0.3) is 0 Å². The third-order valence-corrected chi connectivity index (χ3v) is 7.12. The van der Waals surface area contributed by atoms with E-state index < -0.39 is 10.0 Å². The average molecular weight is 370 g/mol. The second kappa shape index (κ2) is 6.43. The summed E-state index contributed by atoms with van der Waals surface area (Å²) in [6, 6.07) is 13.7. The van der Waals surface area contributed by atoms with E-state index in [9.17, 15) is 13.2 Å². The molecule has 2 aliphatic heterocycles. The first-order valence-electron chi connectivity index (χ1n) is 9.00. The van der Waals surface area contributed by atoms with Crippen LogP contribution < -0.4 is 4.31 Å². The maximum atomic E-state index is 13.1. The minimum absolute atomic E-state index is 0.0438. The maximum Gasteiger partial charge on any atom is 0.264 e. The Morgan fingerprint density at radius 1 is 1.04 bits per heavy atom. The zero-order valence-electron chi connectivity index (χ0n) is 14.8. The molecule has 5 nitrogen and oxygen atoms in total. The largest absolute Gasteiger partial charge is 0.339 e. The molecule has 0 radical (unpaired) electrons. The molecule has 2 aromatic carbocycles. The molecule has 1 atom stereocenters. The van der Waals surface area contributed by atoms with E-state index in [4.69, 9.17) is 0 Å². The van der Waals surface area contributed by atoms with Gasteiger partial charge in [-0.2, -0.15) is 0 Å². The third-order valence-electron chi connectivity index (χ3n) is 5.17. The van der Waals surface area contributed by atoms with E-state index in [-0.39, 0.29) is 16.8 Å². The monoisotopic (exact) mass is 370 g/mol. The number of hydrogen-bond acceptors (Lipinski definition) is 3. The number of nitrogens with zero attached hydrogens (tertiary/aromatic N) is 2. The van der Waals surface area contributed by atoms with E-state index in [0.29, 0.717) is 17.7 Å². The van der Waals surface area contributed by atoms with Crippen molar-refractivity contribution in [3.63, 3.8) is 0 Å². The van der Waals surface area contributed by atoms with E-state index in [1.54, 1.807) is 42.5 Å². The Balaban J connectivity index is 1.69. The molecule has 2 aromatic rings. The highest BCUT2D eigenvalue weighted by Crippen LogP contribution is 2.37. The molecule has 2 heterocycles. The van der Waals surface area contributed by atoms with Crippen LogP contribution >= 0.6 is 0 Å². The molecule has 0 saturated carbocycles. The van der Waals surface area contributed by atoms with Crippen molar-refractivity contribution >= 4 is 21.6 Å². The van der Waals surface area contributed by atoms with Crippen molar-refractivity contribution < 1.29 is 13.2 Å². The van der Waals surface area contributed by atoms with E-state index in [1.165, 1.54) is 4.31 Å². The molecule has 0 bridgehead atoms. The number of fused-ring (bicyclic) bond motifs is 1. The SMILES string of the molecule is C[C@@H]1Cc2cc(C(=O)N3CCCC3)ccc2N1S(=O)(=O)c1ccccc1. The molecule has 1 fully saturated rings. The summed E-state index contributed by atoms with van der Waals surface area (Å²) < 4.78 is 27.7. The summed E-state index contributed by atoms with van der Waals surface area (Å²) in [7, 11) is -3.61. The smallest absolute Gasteiger partial charge is 0.264 e. The van der Waals surface area contributed by atoms with Gasteiger partial charge < -0.3 is 4.90 Å². The lowest BCUT2D eigenvalue weighted by Crippen LogP contribution is -2.35. The molecule has 6 heteroatoms. The quantitative estimate of drug-likeness (QED) is 0.834. The Bertz CT molecular complexity index is 935. The topological polar surface area (TPSA) is 57.7 Å². The number of carbonyl (C=O) groups is 1. The van der Waals surface area contributed by atoms with E-state index in [0.717, 1.165) is 31.5 Å². The van der Waals surface area contributed by atoms with Crippen molar-refractivity contribution in [2.75, 3.05) is 17.4 Å². The van der Waals surface area contributed by atoms with Crippen molar-refractivity contribution in [3.05, 3.63) is 59.7 Å². The molecule has 1 amide bonds. The lowest BCUT2D eigenvalue weighted by Gasteiger charge is -2.24. The average Bonchev–Trinajstić information content (AvgIpc) is 3.28. The number of sulfonamides is 1. The summed E-state index contributed by atoms with van der Waals surface area (Å²) in [4.78, 5) is 14.8. The van der Waals surface area contributed by atoms with Gasteiger partial charge in [-0.1, -0.05) is 18.2 Å². The Morgan fingerprint density at radius 3 is 2.42 bits per heavy atom. The van der Waals surface area contributed by atoms with Gasteiger partial charge in [-0.05, 0) is 62.1 Å². The first kappa shape index (κ1) is 17.1. The van der Waals surface area contributed by atoms with Crippen LogP contribution in [0, 0.1) is 0 Å². The van der Waals surface area contributed by atoms with Crippen LogP contribution in [0.3, 0.4) is 0 Å². The summed E-state index contributed by atoms with van der Waals surface area (Å²) in [6.07, 6.45) is 2.72. The van der Waals surface area contributed by atoms with Gasteiger partial charge in [0.1, 0.15) is 0 Å². The highest BCUT2D eigenvalue weighted by atomic mass is 32.2. The predicted molar refractivity (Wildman–Crippen MR) is 101 cm³/mol. The summed E-state index contributed by atoms with van der Waals surface area (Å²) in [5.74, 6) is 0.0438. The molecule has 0 spiro atoms. The lowest BCUT2D eigenvalue weighted by molar-refractivity contribution is 0.0792. The molecule has 0 unspecified atom stereocenters. The molecule has 4 rings (SSSR count). The van der Waals surface area contributed by atoms with Crippen molar-refractivity contribution in [2.45, 2.75) is 37.1 Å². The molecule has 0 N–H and O–H groups in total. The highest BCUT2D eigenvalue weighted by Gasteiger charge is 2.36. The molecular weight excluding hydrogens is 348 g/mol. The van der Waals surface area contributed by atoms with Gasteiger partial charge in [0.15, 0.2) is 0 Å². The van der Waals surface area contributed by atoms with Crippen LogP contribution in [-0.2, 0) is 16.4 Å². The van der Waals surface area contributed by atoms with Crippen molar-refractivity contribution in [1.82, 2.24) is 4.90 Å². The summed E-state index contributed by atoms with van der Waals surface area (Å²) in [5, 5.41) is 0. The standard InChI is InChI=1S/C20H22N2O3S/c1-15-13-17-14-16(20(23)21-11-5-6-12-21)9-10-19(17)22(15)26(24,25)18-7-3-2-4-8-18/h2-4,7-10,14-15H,5-6,11-13H2,1H3/t15-/m1/s1. The number of anilines is 1. The fourth-order valence-corrected chi connectivity index (χ4v) is 5.62. The Kier molecular flexibility index (Phi) is 4.23. The van der Waals surface area contributed by atoms with Crippen molar-refractivity contribution in [3.8, 4) is 0 Å². The van der Waals surface area contributed by atoms with Gasteiger partial charge >= 0.3 is 0 Å². The Hall–Kier alpha value is -2.34. The minimum atomic E-state index is -3.61. The normalized spacial score (nSPS) is 19.7. The first-order valence-corrected chi connectivity index (χ1v) is 10.4. The van der Waals surface area contributed by atoms with Crippen LogP contribution in [0.4, 0.5) is 5.69 Å². The molecule has 26 heavy (non-hydrogen) atoms. The van der Waals surface area contributed by atoms with Gasteiger partial charge in [-0.3, -0.25) is 9.10 Å². The van der Waals surface area contributed by atoms with E-state index in [1.807, 2.05) is 17.9 Å². The van der Waals surface area contributed by atoms with Crippen LogP contribution in [0.1, 0.15) is 35.7 Å². The second-order valence-corrected chi connectivity index (χ2v) is 8.82. The fraction of sp³-hybridized carbons (Fsp3) is 0.350. The van der Waals surface area contributed by atoms with Crippen molar-refractivity contribution in [2.24, 2.45) is 0 Å². The summed E-state index contributed by atoms with van der Waals surface area (Å²) >= 11 is 0. The number of rotatable bonds is 3. The number of likely N-dealkylation sites (tertiary alicyclic amines) is 1. The number of carbonyl (C=O) groups excluding carboxylic acids is 1. The molecule has 136 valence electrons. The molecule has 1 saturated heterocycles. The van der Waals surface area contributed by atoms with Gasteiger partial charge in [-0.15, -0.1) is 0 Å². The third kappa shape index (κ3) is 2.78. The summed E-state index contributed by atoms with van der Waals surface area (Å²) in [6.45, 7) is 3.52. The minimum Gasteiger partial charge on any atom is -0.339 e. The van der Waals surface area contributed by atoms with Crippen LogP contribution in [0.15, 0.2) is 53.4 Å². The van der Waals surface area contributed by atoms with Crippen molar-refractivity contribution in [1.29, 1.82) is 0 Å². The Labute approximate surface area is 154 Å². The van der Waals surface area contributed by atoms with Gasteiger partial charge in [0.2, 0.25) is 0 Å². The Morgan fingerprint density at radius 2 is 1.73 bits per heavy atom. The van der Waals surface area contributed by atoms with Gasteiger partial charge in [0.25, 0.3) is 15.9 Å². The van der Waals surface area contributed by atoms with E-state index >= 15 is 0 Å². The van der Waals surface area contributed by atoms with Gasteiger partial charge in [0.05, 0.1) is 10.6 Å². The highest BCUT2D eigenvalue weighted by molar-refractivity contribution is 7.92. The number of benzene rings is 2. The number of amides is 1. The first-order chi connectivity index (χ1) is 12.5. The maximum absolute atomic E-state index is 13.1. The van der Waals surface area contributed by atoms with Crippen LogP contribution in [0.5, 0.6) is 0 Å². The van der Waals surface area contributed by atoms with Crippen LogP contribution in [-0.4, -0.2) is 38.4 Å². The zero-order chi connectivity index (χ0) is 18.3. The molecule has 2 aliphatic rings. The van der Waals surface area contributed by atoms with E-state index in [2.05, 4.69) is 0 Å².